The Labute approximate surface area is 291 Å². The normalized spacial score (nSPS) is 26.8. The van der Waals surface area contributed by atoms with Crippen molar-refractivity contribution in [3.8, 4) is 5.75 Å². The van der Waals surface area contributed by atoms with E-state index >= 15 is 0 Å². The lowest BCUT2D eigenvalue weighted by molar-refractivity contribution is -0.137. The number of nitrogens with zero attached hydrogens (tertiary/aromatic N) is 1. The minimum Gasteiger partial charge on any atom is -0.483 e. The minimum atomic E-state index is -4.57. The first-order valence-electron chi connectivity index (χ1n) is 15.6. The van der Waals surface area contributed by atoms with E-state index in [1.807, 2.05) is 19.1 Å². The highest BCUT2D eigenvalue weighted by Crippen LogP contribution is 2.69. The number of thiazole rings is 1. The lowest BCUT2D eigenvalue weighted by atomic mass is 9.68. The number of aromatic amines is 1. The van der Waals surface area contributed by atoms with E-state index in [0.717, 1.165) is 33.9 Å². The highest BCUT2D eigenvalue weighted by Gasteiger charge is 2.70. The van der Waals surface area contributed by atoms with Crippen molar-refractivity contribution >= 4 is 63.8 Å². The molecule has 2 aliphatic heterocycles. The van der Waals surface area contributed by atoms with Gasteiger partial charge in [-0.25, -0.2) is 0 Å². The molecule has 7 atom stereocenters. The first-order valence-corrected chi connectivity index (χ1v) is 17.7. The van der Waals surface area contributed by atoms with E-state index < -0.39 is 42.0 Å². The number of thioether (sulfide) groups is 1. The molecule has 49 heavy (non-hydrogen) atoms. The summed E-state index contributed by atoms with van der Waals surface area (Å²) in [7, 11) is 0. The molecule has 4 aromatic rings. The maximum atomic E-state index is 14.1. The van der Waals surface area contributed by atoms with Crippen molar-refractivity contribution in [2.75, 3.05) is 16.8 Å². The Kier molecular flexibility index (Phi) is 7.72. The quantitative estimate of drug-likeness (QED) is 0.205. The van der Waals surface area contributed by atoms with Crippen LogP contribution in [0, 0.1) is 36.5 Å². The molecule has 3 heterocycles. The number of ether oxygens (including phenoxy) is 1. The van der Waals surface area contributed by atoms with Gasteiger partial charge in [0, 0.05) is 32.3 Å². The fraction of sp³-hybridized carbons (Fsp3) is 0.314. The van der Waals surface area contributed by atoms with Gasteiger partial charge in [0.05, 0.1) is 28.1 Å². The van der Waals surface area contributed by atoms with E-state index in [1.165, 1.54) is 17.0 Å². The third-order valence-electron chi connectivity index (χ3n) is 10.2. The molecule has 2 aliphatic carbocycles. The molecule has 3 aromatic carbocycles. The monoisotopic (exact) mass is 725 g/mol. The number of fused-ring (bicyclic) bond motifs is 9. The number of hydrogen-bond acceptors (Lipinski definition) is 7. The second-order valence-electron chi connectivity index (χ2n) is 12.9. The molecule has 3 fully saturated rings. The zero-order valence-corrected chi connectivity index (χ0v) is 28.0. The Balaban J connectivity index is 1.11. The summed E-state index contributed by atoms with van der Waals surface area (Å²) in [5, 5.41) is 3.47. The number of H-pyrrole nitrogens is 1. The molecule has 2 N–H and O–H groups in total. The van der Waals surface area contributed by atoms with Crippen LogP contribution in [-0.2, 0) is 20.6 Å². The second kappa shape index (κ2) is 11.8. The summed E-state index contributed by atoms with van der Waals surface area (Å²) in [6.07, 6.45) is -3.88. The number of amides is 3. The molecule has 2 bridgehead atoms. The third-order valence-corrected chi connectivity index (χ3v) is 13.0. The van der Waals surface area contributed by atoms with Crippen LogP contribution >= 0.6 is 34.7 Å². The summed E-state index contributed by atoms with van der Waals surface area (Å²) in [5.74, 6) is -2.57. The SMILES string of the molecule is Cc1ccc(N2C(=O)C3C4CC(C3C2=O)C2C4Sc3[nH]c(=O)sc3[C@@H]2c2cc(Cl)ccc2OCC(=O)Nc2cccc(C(F)(F)F)c2)cc1. The Morgan fingerprint density at radius 1 is 1.02 bits per heavy atom. The van der Waals surface area contributed by atoms with Crippen LogP contribution in [0.4, 0.5) is 24.5 Å². The fourth-order valence-corrected chi connectivity index (χ4v) is 11.4. The summed E-state index contributed by atoms with van der Waals surface area (Å²) in [6.45, 7) is 1.43. The number of benzene rings is 3. The van der Waals surface area contributed by atoms with Crippen LogP contribution in [0.1, 0.15) is 33.9 Å². The summed E-state index contributed by atoms with van der Waals surface area (Å²) < 4.78 is 45.6. The maximum Gasteiger partial charge on any atom is 0.416 e. The topological polar surface area (TPSA) is 109 Å². The molecule has 8 rings (SSSR count). The van der Waals surface area contributed by atoms with Gasteiger partial charge >= 0.3 is 11.0 Å². The van der Waals surface area contributed by atoms with Gasteiger partial charge < -0.3 is 15.0 Å². The average molecular weight is 726 g/mol. The molecule has 4 aliphatic rings. The molecule has 0 spiro atoms. The molecule has 2 saturated carbocycles. The van der Waals surface area contributed by atoms with Crippen LogP contribution in [0.25, 0.3) is 0 Å². The van der Waals surface area contributed by atoms with Crippen LogP contribution < -0.4 is 19.8 Å². The van der Waals surface area contributed by atoms with Crippen molar-refractivity contribution < 1.29 is 32.3 Å². The van der Waals surface area contributed by atoms with E-state index in [4.69, 9.17) is 16.3 Å². The van der Waals surface area contributed by atoms with Gasteiger partial charge in [-0.1, -0.05) is 46.7 Å². The zero-order chi connectivity index (χ0) is 34.4. The number of hydrogen-bond donors (Lipinski definition) is 2. The molecule has 252 valence electrons. The number of nitrogens with one attached hydrogen (secondary N) is 2. The summed E-state index contributed by atoms with van der Waals surface area (Å²) in [6, 6.07) is 16.6. The molecule has 6 unspecified atom stereocenters. The van der Waals surface area contributed by atoms with E-state index in [-0.39, 0.29) is 45.4 Å². The molecule has 3 amide bonds. The van der Waals surface area contributed by atoms with E-state index in [1.54, 1.807) is 42.1 Å². The predicted octanol–water partition coefficient (Wildman–Crippen LogP) is 7.11. The van der Waals surface area contributed by atoms with Crippen molar-refractivity contribution in [3.05, 3.63) is 103 Å². The smallest absolute Gasteiger partial charge is 0.416 e. The lowest BCUT2D eigenvalue weighted by Crippen LogP contribution is -2.42. The van der Waals surface area contributed by atoms with E-state index in [0.29, 0.717) is 33.5 Å². The van der Waals surface area contributed by atoms with Crippen LogP contribution in [0.5, 0.6) is 5.75 Å². The van der Waals surface area contributed by atoms with Crippen molar-refractivity contribution in [1.29, 1.82) is 0 Å². The van der Waals surface area contributed by atoms with Crippen molar-refractivity contribution in [2.45, 2.75) is 35.7 Å². The Morgan fingerprint density at radius 2 is 1.76 bits per heavy atom. The second-order valence-corrected chi connectivity index (χ2v) is 15.5. The number of imide groups is 1. The van der Waals surface area contributed by atoms with Gasteiger partial charge in [-0.2, -0.15) is 13.2 Å². The van der Waals surface area contributed by atoms with Crippen LogP contribution in [0.2, 0.25) is 5.02 Å². The Bertz CT molecular complexity index is 2080. The molecule has 14 heteroatoms. The summed E-state index contributed by atoms with van der Waals surface area (Å²) >= 11 is 9.16. The maximum absolute atomic E-state index is 14.1. The number of halogens is 4. The molecular weight excluding hydrogens is 699 g/mol. The number of carbonyl (C=O) groups excluding carboxylic acids is 3. The molecule has 1 aromatic heterocycles. The largest absolute Gasteiger partial charge is 0.483 e. The molecule has 8 nitrogen and oxygen atoms in total. The van der Waals surface area contributed by atoms with Crippen molar-refractivity contribution in [3.63, 3.8) is 0 Å². The highest BCUT2D eigenvalue weighted by molar-refractivity contribution is 8.00. The first-order chi connectivity index (χ1) is 23.4. The number of rotatable bonds is 6. The van der Waals surface area contributed by atoms with E-state index in [2.05, 4.69) is 10.3 Å². The summed E-state index contributed by atoms with van der Waals surface area (Å²) in [4.78, 5) is 58.4. The fourth-order valence-electron chi connectivity index (χ4n) is 8.32. The lowest BCUT2D eigenvalue weighted by Gasteiger charge is -2.43. The molecule has 0 radical (unpaired) electrons. The number of carbonyl (C=O) groups is 3. The van der Waals surface area contributed by atoms with Crippen molar-refractivity contribution in [1.82, 2.24) is 4.98 Å². The number of alkyl halides is 3. The van der Waals surface area contributed by atoms with Gasteiger partial charge in [0.2, 0.25) is 11.8 Å². The Hall–Kier alpha value is -4.07. The first kappa shape index (κ1) is 32.2. The number of anilines is 2. The number of aromatic nitrogens is 1. The number of aryl methyl sites for hydroxylation is 1. The van der Waals surface area contributed by atoms with Gasteiger partial charge in [-0.05, 0) is 79.6 Å². The van der Waals surface area contributed by atoms with Gasteiger partial charge in [-0.3, -0.25) is 24.1 Å². The van der Waals surface area contributed by atoms with Crippen LogP contribution in [0.3, 0.4) is 0 Å². The summed E-state index contributed by atoms with van der Waals surface area (Å²) in [5.41, 5.74) is 1.28. The van der Waals surface area contributed by atoms with Gasteiger partial charge in [-0.15, -0.1) is 11.8 Å². The Morgan fingerprint density at radius 3 is 2.49 bits per heavy atom. The molecule has 1 saturated heterocycles. The van der Waals surface area contributed by atoms with E-state index in [9.17, 15) is 32.3 Å². The van der Waals surface area contributed by atoms with Gasteiger partial charge in [0.25, 0.3) is 5.91 Å². The van der Waals surface area contributed by atoms with Crippen molar-refractivity contribution in [2.24, 2.45) is 29.6 Å². The predicted molar refractivity (Wildman–Crippen MR) is 179 cm³/mol. The third kappa shape index (κ3) is 5.37. The highest BCUT2D eigenvalue weighted by atomic mass is 35.5. The average Bonchev–Trinajstić information content (AvgIpc) is 3.79. The zero-order valence-electron chi connectivity index (χ0n) is 25.6. The molecular formula is C35H27ClF3N3O5S2. The van der Waals surface area contributed by atoms with Gasteiger partial charge in [0.15, 0.2) is 6.61 Å². The van der Waals surface area contributed by atoms with Crippen LogP contribution in [-0.4, -0.2) is 34.6 Å². The standard InChI is InChI=1S/C35H27ClF3N3O5S2/c1-15-5-8-19(9-6-15)42-32(44)27-21-13-22(28(27)33(42)45)29-26(21)25(30-31(48-29)41-34(46)49-30)20-12-17(36)7-10-23(20)47-14-24(43)40-18-4-2-3-16(11-18)35(37,38)39/h2-12,21-22,25-29H,13-14H2,1H3,(H,40,43)(H,41,46)/t21?,22?,25-,26?,27?,28?,29?/m1/s1. The van der Waals surface area contributed by atoms with Gasteiger partial charge in [0.1, 0.15) is 5.75 Å². The van der Waals surface area contributed by atoms with Crippen LogP contribution in [0.15, 0.2) is 76.6 Å². The minimum absolute atomic E-state index is 0.0272.